The minimum Gasteiger partial charge on any atom is -0.464 e. The molecule has 1 aliphatic heterocycles. The molecule has 2 heterocycles. The van der Waals surface area contributed by atoms with Crippen molar-refractivity contribution in [3.8, 4) is 11.3 Å². The van der Waals surface area contributed by atoms with Gasteiger partial charge in [0.2, 0.25) is 0 Å². The Kier molecular flexibility index (Phi) is 2.52. The molecule has 0 bridgehead atoms. The molecule has 1 unspecified atom stereocenters. The van der Waals surface area contributed by atoms with E-state index in [-0.39, 0.29) is 0 Å². The molecule has 1 aromatic heterocycles. The van der Waals surface area contributed by atoms with Gasteiger partial charge in [0.25, 0.3) is 0 Å². The number of fused-ring (bicyclic) bond motifs is 1. The first kappa shape index (κ1) is 10.6. The van der Waals surface area contributed by atoms with Gasteiger partial charge in [-0.2, -0.15) is 0 Å². The molecule has 2 heteroatoms. The molecule has 0 radical (unpaired) electrons. The van der Waals surface area contributed by atoms with Crippen molar-refractivity contribution in [2.45, 2.75) is 19.4 Å². The zero-order valence-electron chi connectivity index (χ0n) is 10.3. The molecule has 0 fully saturated rings. The van der Waals surface area contributed by atoms with Crippen LogP contribution in [0.15, 0.2) is 41.0 Å². The van der Waals surface area contributed by atoms with E-state index in [1.165, 1.54) is 16.7 Å². The summed E-state index contributed by atoms with van der Waals surface area (Å²) in [5, 5.41) is 0. The van der Waals surface area contributed by atoms with Gasteiger partial charge in [0, 0.05) is 18.2 Å². The fraction of sp³-hybridized carbons (Fsp3) is 0.333. The molecule has 0 amide bonds. The van der Waals surface area contributed by atoms with E-state index in [0.29, 0.717) is 6.04 Å². The zero-order chi connectivity index (χ0) is 11.8. The molecule has 88 valence electrons. The highest BCUT2D eigenvalue weighted by molar-refractivity contribution is 5.60. The Labute approximate surface area is 102 Å². The van der Waals surface area contributed by atoms with Gasteiger partial charge in [0.15, 0.2) is 0 Å². The highest BCUT2D eigenvalue weighted by atomic mass is 16.3. The second kappa shape index (κ2) is 4.04. The standard InChI is InChI=1S/C15H17NO/c1-11-14-6-5-13(15-4-3-9-17-15)10-12(14)7-8-16(11)2/h3-6,9-11H,7-8H2,1-2H3. The van der Waals surface area contributed by atoms with Crippen molar-refractivity contribution in [3.63, 3.8) is 0 Å². The van der Waals surface area contributed by atoms with Crippen LogP contribution < -0.4 is 0 Å². The molecular formula is C15H17NO. The summed E-state index contributed by atoms with van der Waals surface area (Å²) >= 11 is 0. The molecule has 3 rings (SSSR count). The number of furan rings is 1. The Balaban J connectivity index is 2.03. The van der Waals surface area contributed by atoms with Crippen LogP contribution in [0.1, 0.15) is 24.1 Å². The molecule has 0 spiro atoms. The van der Waals surface area contributed by atoms with E-state index >= 15 is 0 Å². The monoisotopic (exact) mass is 227 g/mol. The van der Waals surface area contributed by atoms with Crippen LogP contribution in [-0.4, -0.2) is 18.5 Å². The lowest BCUT2D eigenvalue weighted by Crippen LogP contribution is -2.30. The Morgan fingerprint density at radius 1 is 1.29 bits per heavy atom. The van der Waals surface area contributed by atoms with Crippen molar-refractivity contribution in [2.75, 3.05) is 13.6 Å². The third kappa shape index (κ3) is 1.79. The maximum atomic E-state index is 5.45. The first-order valence-corrected chi connectivity index (χ1v) is 6.12. The minimum absolute atomic E-state index is 0.518. The van der Waals surface area contributed by atoms with Crippen molar-refractivity contribution < 1.29 is 4.42 Å². The molecular weight excluding hydrogens is 210 g/mol. The Bertz CT molecular complexity index is 516. The van der Waals surface area contributed by atoms with Crippen molar-refractivity contribution >= 4 is 0 Å². The van der Waals surface area contributed by atoms with Crippen LogP contribution in [0.4, 0.5) is 0 Å². The van der Waals surface area contributed by atoms with Crippen molar-refractivity contribution in [1.29, 1.82) is 0 Å². The topological polar surface area (TPSA) is 16.4 Å². The first-order valence-electron chi connectivity index (χ1n) is 6.12. The fourth-order valence-electron chi connectivity index (χ4n) is 2.55. The Morgan fingerprint density at radius 3 is 2.94 bits per heavy atom. The van der Waals surface area contributed by atoms with Crippen LogP contribution >= 0.6 is 0 Å². The average molecular weight is 227 g/mol. The van der Waals surface area contributed by atoms with Gasteiger partial charge in [-0.3, -0.25) is 4.90 Å². The summed E-state index contributed by atoms with van der Waals surface area (Å²) in [6.07, 6.45) is 2.86. The number of hydrogen-bond acceptors (Lipinski definition) is 2. The quantitative estimate of drug-likeness (QED) is 0.741. The largest absolute Gasteiger partial charge is 0.464 e. The third-order valence-electron chi connectivity index (χ3n) is 3.79. The zero-order valence-corrected chi connectivity index (χ0v) is 10.3. The van der Waals surface area contributed by atoms with Crippen LogP contribution in [0.3, 0.4) is 0 Å². The van der Waals surface area contributed by atoms with Crippen LogP contribution in [0.25, 0.3) is 11.3 Å². The Hall–Kier alpha value is -1.54. The van der Waals surface area contributed by atoms with E-state index in [1.807, 2.05) is 12.1 Å². The third-order valence-corrected chi connectivity index (χ3v) is 3.79. The summed E-state index contributed by atoms with van der Waals surface area (Å²) in [6.45, 7) is 3.40. The predicted octanol–water partition coefficient (Wildman–Crippen LogP) is 3.50. The average Bonchev–Trinajstić information content (AvgIpc) is 2.87. The van der Waals surface area contributed by atoms with Gasteiger partial charge < -0.3 is 4.42 Å². The maximum absolute atomic E-state index is 5.45. The highest BCUT2D eigenvalue weighted by Gasteiger charge is 2.21. The minimum atomic E-state index is 0.518. The molecule has 0 N–H and O–H groups in total. The number of likely N-dealkylation sites (N-methyl/N-ethyl adjacent to an activating group) is 1. The fourth-order valence-corrected chi connectivity index (χ4v) is 2.55. The molecule has 1 aliphatic rings. The van der Waals surface area contributed by atoms with Gasteiger partial charge in [-0.25, -0.2) is 0 Å². The van der Waals surface area contributed by atoms with Crippen LogP contribution in [0, 0.1) is 0 Å². The van der Waals surface area contributed by atoms with E-state index < -0.39 is 0 Å². The summed E-state index contributed by atoms with van der Waals surface area (Å²) in [7, 11) is 2.19. The number of nitrogens with zero attached hydrogens (tertiary/aromatic N) is 1. The van der Waals surface area contributed by atoms with E-state index in [0.717, 1.165) is 18.7 Å². The molecule has 0 aliphatic carbocycles. The molecule has 0 saturated heterocycles. The molecule has 1 aromatic carbocycles. The van der Waals surface area contributed by atoms with Crippen LogP contribution in [0.5, 0.6) is 0 Å². The van der Waals surface area contributed by atoms with E-state index in [1.54, 1.807) is 6.26 Å². The van der Waals surface area contributed by atoms with E-state index in [2.05, 4.69) is 37.1 Å². The van der Waals surface area contributed by atoms with Crippen LogP contribution in [0.2, 0.25) is 0 Å². The second-order valence-corrected chi connectivity index (χ2v) is 4.80. The SMILES string of the molecule is CC1c2ccc(-c3ccco3)cc2CCN1C. The van der Waals surface area contributed by atoms with Gasteiger partial charge >= 0.3 is 0 Å². The number of hydrogen-bond donors (Lipinski definition) is 0. The summed E-state index contributed by atoms with van der Waals surface area (Å²) in [5.74, 6) is 0.958. The molecule has 2 aromatic rings. The van der Waals surface area contributed by atoms with Crippen molar-refractivity contribution in [2.24, 2.45) is 0 Å². The van der Waals surface area contributed by atoms with Gasteiger partial charge in [0.05, 0.1) is 6.26 Å². The van der Waals surface area contributed by atoms with Gasteiger partial charge in [-0.05, 0) is 49.7 Å². The Morgan fingerprint density at radius 2 is 2.18 bits per heavy atom. The first-order chi connectivity index (χ1) is 8.25. The lowest BCUT2D eigenvalue weighted by atomic mass is 9.92. The molecule has 17 heavy (non-hydrogen) atoms. The van der Waals surface area contributed by atoms with E-state index in [9.17, 15) is 0 Å². The van der Waals surface area contributed by atoms with Crippen LogP contribution in [-0.2, 0) is 6.42 Å². The molecule has 0 saturated carbocycles. The maximum Gasteiger partial charge on any atom is 0.133 e. The summed E-state index contributed by atoms with van der Waals surface area (Å²) < 4.78 is 5.45. The lowest BCUT2D eigenvalue weighted by Gasteiger charge is -2.32. The second-order valence-electron chi connectivity index (χ2n) is 4.80. The van der Waals surface area contributed by atoms with Crippen molar-refractivity contribution in [1.82, 2.24) is 4.90 Å². The summed E-state index contributed by atoms with van der Waals surface area (Å²) in [4.78, 5) is 2.40. The lowest BCUT2D eigenvalue weighted by molar-refractivity contribution is 0.247. The number of rotatable bonds is 1. The summed E-state index contributed by atoms with van der Waals surface area (Å²) in [6, 6.07) is 11.1. The molecule has 1 atom stereocenters. The smallest absolute Gasteiger partial charge is 0.133 e. The molecule has 2 nitrogen and oxygen atoms in total. The summed E-state index contributed by atoms with van der Waals surface area (Å²) in [5.41, 5.74) is 4.10. The van der Waals surface area contributed by atoms with Gasteiger partial charge in [0.1, 0.15) is 5.76 Å². The van der Waals surface area contributed by atoms with Gasteiger partial charge in [-0.1, -0.05) is 12.1 Å². The predicted molar refractivity (Wildman–Crippen MR) is 68.9 cm³/mol. The number of benzene rings is 1. The normalized spacial score (nSPS) is 20.2. The highest BCUT2D eigenvalue weighted by Crippen LogP contribution is 2.31. The van der Waals surface area contributed by atoms with Crippen molar-refractivity contribution in [3.05, 3.63) is 47.7 Å². The van der Waals surface area contributed by atoms with Gasteiger partial charge in [-0.15, -0.1) is 0 Å². The van der Waals surface area contributed by atoms with E-state index in [4.69, 9.17) is 4.42 Å².